The minimum atomic E-state index is 0.150. The lowest BCUT2D eigenvalue weighted by Gasteiger charge is -2.24. The molecule has 0 fully saturated rings. The number of likely N-dealkylation sites (N-methyl/N-ethyl adjacent to an activating group) is 1. The van der Waals surface area contributed by atoms with Crippen LogP contribution in [0.5, 0.6) is 0 Å². The number of nitrogens with zero attached hydrogens (tertiary/aromatic N) is 2. The molecule has 3 nitrogen and oxygen atoms in total. The van der Waals surface area contributed by atoms with E-state index in [4.69, 9.17) is 0 Å². The lowest BCUT2D eigenvalue weighted by atomic mass is 9.84. The monoisotopic (exact) mass is 234 g/mol. The van der Waals surface area contributed by atoms with Gasteiger partial charge in [-0.25, -0.2) is 0 Å². The van der Waals surface area contributed by atoms with E-state index < -0.39 is 0 Å². The quantitative estimate of drug-likeness (QED) is 0.789. The van der Waals surface area contributed by atoms with Gasteiger partial charge in [0.25, 0.3) is 5.91 Å². The maximum Gasteiger partial charge on any atom is 0.270 e. The van der Waals surface area contributed by atoms with Crippen LogP contribution in [-0.2, 0) is 13.0 Å². The molecule has 2 heterocycles. The Balaban J connectivity index is 2.24. The third kappa shape index (κ3) is 2.38. The molecule has 1 aliphatic rings. The van der Waals surface area contributed by atoms with Crippen molar-refractivity contribution in [2.75, 3.05) is 13.6 Å². The van der Waals surface area contributed by atoms with Crippen LogP contribution < -0.4 is 0 Å². The number of carbonyl (C=O) groups excluding carboxylic acids is 1. The smallest absolute Gasteiger partial charge is 0.270 e. The third-order valence-corrected chi connectivity index (χ3v) is 3.84. The molecule has 1 aromatic heterocycles. The molecule has 0 atom stereocenters. The highest BCUT2D eigenvalue weighted by Gasteiger charge is 2.24. The highest BCUT2D eigenvalue weighted by molar-refractivity contribution is 5.93. The highest BCUT2D eigenvalue weighted by Crippen LogP contribution is 2.27. The lowest BCUT2D eigenvalue weighted by Crippen LogP contribution is -2.36. The molecule has 94 valence electrons. The van der Waals surface area contributed by atoms with Crippen LogP contribution in [0.3, 0.4) is 0 Å². The van der Waals surface area contributed by atoms with E-state index in [1.165, 1.54) is 5.56 Å². The molecule has 17 heavy (non-hydrogen) atoms. The predicted molar refractivity (Wildman–Crippen MR) is 69.2 cm³/mol. The zero-order valence-corrected chi connectivity index (χ0v) is 11.3. The second-order valence-electron chi connectivity index (χ2n) is 5.85. The first kappa shape index (κ1) is 12.2. The molecule has 0 radical (unpaired) electrons. The summed E-state index contributed by atoms with van der Waals surface area (Å²) in [5.41, 5.74) is 2.45. The van der Waals surface area contributed by atoms with Crippen LogP contribution in [0.25, 0.3) is 0 Å². The summed E-state index contributed by atoms with van der Waals surface area (Å²) < 4.78 is 2.10. The molecule has 0 saturated carbocycles. The average molecular weight is 234 g/mol. The van der Waals surface area contributed by atoms with Gasteiger partial charge in [0.2, 0.25) is 0 Å². The number of rotatable bonds is 3. The van der Waals surface area contributed by atoms with E-state index in [-0.39, 0.29) is 5.91 Å². The van der Waals surface area contributed by atoms with Crippen molar-refractivity contribution in [2.24, 2.45) is 5.41 Å². The van der Waals surface area contributed by atoms with E-state index in [2.05, 4.69) is 37.6 Å². The van der Waals surface area contributed by atoms with Gasteiger partial charge in [-0.2, -0.15) is 0 Å². The number of aromatic nitrogens is 1. The largest absolute Gasteiger partial charge is 0.341 e. The number of carbonyl (C=O) groups is 1. The van der Waals surface area contributed by atoms with Gasteiger partial charge in [-0.1, -0.05) is 27.2 Å². The van der Waals surface area contributed by atoms with Crippen molar-refractivity contribution in [1.82, 2.24) is 9.47 Å². The summed E-state index contributed by atoms with van der Waals surface area (Å²) in [6, 6.07) is 2.06. The molecule has 0 saturated heterocycles. The zero-order chi connectivity index (χ0) is 12.6. The Hall–Kier alpha value is -1.25. The molecule has 1 amide bonds. The van der Waals surface area contributed by atoms with Gasteiger partial charge < -0.3 is 9.47 Å². The molecule has 1 aromatic rings. The van der Waals surface area contributed by atoms with Crippen molar-refractivity contribution in [2.45, 2.75) is 40.2 Å². The Labute approximate surface area is 103 Å². The minimum absolute atomic E-state index is 0.150. The maximum atomic E-state index is 12.0. The fraction of sp³-hybridized carbons (Fsp3) is 0.643. The average Bonchev–Trinajstić information content (AvgIpc) is 2.66. The first-order valence-electron chi connectivity index (χ1n) is 6.37. The van der Waals surface area contributed by atoms with Gasteiger partial charge in [0, 0.05) is 26.3 Å². The van der Waals surface area contributed by atoms with Gasteiger partial charge in [-0.15, -0.1) is 0 Å². The Morgan fingerprint density at radius 2 is 2.06 bits per heavy atom. The summed E-state index contributed by atoms with van der Waals surface area (Å²) >= 11 is 0. The van der Waals surface area contributed by atoms with Crippen molar-refractivity contribution >= 4 is 5.91 Å². The molecular formula is C14H22N2O. The van der Waals surface area contributed by atoms with E-state index in [1.807, 2.05) is 7.05 Å². The van der Waals surface area contributed by atoms with Gasteiger partial charge in [-0.3, -0.25) is 4.79 Å². The fourth-order valence-electron chi connectivity index (χ4n) is 2.26. The second kappa shape index (κ2) is 4.21. The number of hydrogen-bond acceptors (Lipinski definition) is 1. The van der Waals surface area contributed by atoms with Crippen molar-refractivity contribution in [3.05, 3.63) is 23.5 Å². The van der Waals surface area contributed by atoms with Gasteiger partial charge in [0.1, 0.15) is 5.69 Å². The second-order valence-corrected chi connectivity index (χ2v) is 5.85. The fourth-order valence-corrected chi connectivity index (χ4v) is 2.26. The summed E-state index contributed by atoms with van der Waals surface area (Å²) in [7, 11) is 1.87. The Morgan fingerprint density at radius 1 is 1.35 bits per heavy atom. The van der Waals surface area contributed by atoms with Crippen LogP contribution in [0, 0.1) is 5.41 Å². The standard InChI is InChI=1S/C14H22N2O/c1-5-14(2,3)9-11-8-12-13(17)15(4)6-7-16(12)10-11/h8,10H,5-7,9H2,1-4H3. The van der Waals surface area contributed by atoms with E-state index in [0.717, 1.165) is 31.6 Å². The van der Waals surface area contributed by atoms with Gasteiger partial charge >= 0.3 is 0 Å². The molecule has 0 aromatic carbocycles. The van der Waals surface area contributed by atoms with Crippen LogP contribution >= 0.6 is 0 Å². The molecule has 0 N–H and O–H groups in total. The summed E-state index contributed by atoms with van der Waals surface area (Å²) in [6.45, 7) is 8.51. The van der Waals surface area contributed by atoms with Crippen LogP contribution in [0.4, 0.5) is 0 Å². The SMILES string of the molecule is CCC(C)(C)Cc1cc2n(c1)CCN(C)C2=O. The van der Waals surface area contributed by atoms with Gasteiger partial charge in [-0.05, 0) is 23.5 Å². The number of fused-ring (bicyclic) bond motifs is 1. The first-order chi connectivity index (χ1) is 7.93. The molecule has 2 rings (SSSR count). The normalized spacial score (nSPS) is 16.2. The summed E-state index contributed by atoms with van der Waals surface area (Å²) in [4.78, 5) is 13.8. The minimum Gasteiger partial charge on any atom is -0.341 e. The van der Waals surface area contributed by atoms with Gasteiger partial charge in [0.05, 0.1) is 0 Å². The Morgan fingerprint density at radius 3 is 2.71 bits per heavy atom. The van der Waals surface area contributed by atoms with Crippen LogP contribution in [0.2, 0.25) is 0 Å². The topological polar surface area (TPSA) is 25.2 Å². The van der Waals surface area contributed by atoms with E-state index >= 15 is 0 Å². The summed E-state index contributed by atoms with van der Waals surface area (Å²) in [5, 5.41) is 0. The van der Waals surface area contributed by atoms with E-state index in [1.54, 1.807) is 4.90 Å². The molecular weight excluding hydrogens is 212 g/mol. The molecule has 3 heteroatoms. The lowest BCUT2D eigenvalue weighted by molar-refractivity contribution is 0.0749. The van der Waals surface area contributed by atoms with Crippen molar-refractivity contribution in [3.8, 4) is 0 Å². The Bertz CT molecular complexity index is 431. The van der Waals surface area contributed by atoms with Crippen molar-refractivity contribution in [3.63, 3.8) is 0 Å². The van der Waals surface area contributed by atoms with Crippen LogP contribution in [0.15, 0.2) is 12.3 Å². The molecule has 0 spiro atoms. The predicted octanol–water partition coefficient (Wildman–Crippen LogP) is 2.55. The van der Waals surface area contributed by atoms with Gasteiger partial charge in [0.15, 0.2) is 0 Å². The zero-order valence-electron chi connectivity index (χ0n) is 11.3. The van der Waals surface area contributed by atoms with Crippen LogP contribution in [0.1, 0.15) is 43.2 Å². The van der Waals surface area contributed by atoms with E-state index in [9.17, 15) is 4.79 Å². The molecule has 0 aliphatic carbocycles. The molecule has 0 unspecified atom stereocenters. The van der Waals surface area contributed by atoms with Crippen LogP contribution in [-0.4, -0.2) is 29.0 Å². The first-order valence-corrected chi connectivity index (χ1v) is 6.37. The van der Waals surface area contributed by atoms with Crippen molar-refractivity contribution in [1.29, 1.82) is 0 Å². The maximum absolute atomic E-state index is 12.0. The molecule has 1 aliphatic heterocycles. The number of amides is 1. The Kier molecular flexibility index (Phi) is 3.02. The molecule has 0 bridgehead atoms. The number of hydrogen-bond donors (Lipinski definition) is 0. The summed E-state index contributed by atoms with van der Waals surface area (Å²) in [6.07, 6.45) is 4.35. The van der Waals surface area contributed by atoms with Crippen molar-refractivity contribution < 1.29 is 4.79 Å². The highest BCUT2D eigenvalue weighted by atomic mass is 16.2. The summed E-state index contributed by atoms with van der Waals surface area (Å²) in [5.74, 6) is 0.150. The van der Waals surface area contributed by atoms with E-state index in [0.29, 0.717) is 5.41 Å². The third-order valence-electron chi connectivity index (χ3n) is 3.84.